The van der Waals surface area contributed by atoms with E-state index in [9.17, 15) is 9.90 Å². The molecule has 0 fully saturated rings. The number of hydrogen-bond donors (Lipinski definition) is 1. The van der Waals surface area contributed by atoms with Crippen molar-refractivity contribution in [1.29, 1.82) is 0 Å². The first-order chi connectivity index (χ1) is 13.6. The van der Waals surface area contributed by atoms with Gasteiger partial charge in [-0.15, -0.1) is 0 Å². The Bertz CT molecular complexity index is 1150. The highest BCUT2D eigenvalue weighted by Gasteiger charge is 2.21. The number of aromatic hydroxyl groups is 1. The van der Waals surface area contributed by atoms with Crippen LogP contribution < -0.4 is 0 Å². The number of hydrogen-bond acceptors (Lipinski definition) is 4. The summed E-state index contributed by atoms with van der Waals surface area (Å²) in [7, 11) is 0. The Kier molecular flexibility index (Phi) is 4.75. The second kappa shape index (κ2) is 7.37. The van der Waals surface area contributed by atoms with Gasteiger partial charge in [0.2, 0.25) is 0 Å². The number of pyridine rings is 1. The molecule has 0 aliphatic heterocycles. The van der Waals surface area contributed by atoms with E-state index >= 15 is 0 Å². The summed E-state index contributed by atoms with van der Waals surface area (Å²) in [5.74, 6) is -0.844. The molecule has 0 atom stereocenters. The predicted octanol–water partition coefficient (Wildman–Crippen LogP) is 5.23. The summed E-state index contributed by atoms with van der Waals surface area (Å²) in [6.45, 7) is 1.91. The van der Waals surface area contributed by atoms with Crippen LogP contribution in [0.25, 0.3) is 27.8 Å². The number of ether oxygens (including phenoxy) is 1. The number of para-hydroxylation sites is 1. The Morgan fingerprint density at radius 3 is 2.54 bits per heavy atom. The largest absolute Gasteiger partial charge is 0.505 e. The highest BCUT2D eigenvalue weighted by Crippen LogP contribution is 2.37. The average molecular weight is 393 g/mol. The third-order valence-corrected chi connectivity index (χ3v) is 4.71. The first-order valence-corrected chi connectivity index (χ1v) is 9.20. The summed E-state index contributed by atoms with van der Waals surface area (Å²) in [5.41, 5.74) is 3.26. The number of aromatic nitrogens is 2. The van der Waals surface area contributed by atoms with E-state index < -0.39 is 5.97 Å². The van der Waals surface area contributed by atoms with Crippen molar-refractivity contribution in [2.75, 3.05) is 6.61 Å². The fourth-order valence-corrected chi connectivity index (χ4v) is 3.32. The normalized spacial score (nSPS) is 10.9. The Hall–Kier alpha value is -3.31. The number of esters is 1. The molecule has 0 aliphatic rings. The molecule has 0 unspecified atom stereocenters. The molecule has 2 aromatic heterocycles. The van der Waals surface area contributed by atoms with Crippen LogP contribution in [-0.2, 0) is 4.74 Å². The molecule has 28 heavy (non-hydrogen) atoms. The number of halogens is 1. The van der Waals surface area contributed by atoms with Crippen LogP contribution in [-0.4, -0.2) is 27.2 Å². The summed E-state index contributed by atoms with van der Waals surface area (Å²) >= 11 is 6.04. The van der Waals surface area contributed by atoms with Gasteiger partial charge in [0.15, 0.2) is 11.4 Å². The average Bonchev–Trinajstić information content (AvgIpc) is 3.10. The number of carbonyl (C=O) groups excluding carboxylic acids is 1. The molecule has 0 radical (unpaired) electrons. The second-order valence-electron chi connectivity index (χ2n) is 6.18. The molecule has 0 amide bonds. The molecular weight excluding hydrogens is 376 g/mol. The second-order valence-corrected chi connectivity index (χ2v) is 6.62. The van der Waals surface area contributed by atoms with Crippen LogP contribution in [0.2, 0.25) is 5.02 Å². The van der Waals surface area contributed by atoms with Gasteiger partial charge in [-0.2, -0.15) is 0 Å². The third kappa shape index (κ3) is 3.10. The van der Waals surface area contributed by atoms with Crippen molar-refractivity contribution >= 4 is 28.5 Å². The smallest absolute Gasteiger partial charge is 0.360 e. The number of carbonyl (C=O) groups is 1. The van der Waals surface area contributed by atoms with E-state index in [4.69, 9.17) is 16.3 Å². The van der Waals surface area contributed by atoms with E-state index in [1.807, 2.05) is 65.2 Å². The van der Waals surface area contributed by atoms with Crippen molar-refractivity contribution < 1.29 is 14.6 Å². The monoisotopic (exact) mass is 392 g/mol. The summed E-state index contributed by atoms with van der Waals surface area (Å²) in [6.07, 6.45) is 1.58. The Morgan fingerprint density at radius 1 is 1.14 bits per heavy atom. The third-order valence-electron chi connectivity index (χ3n) is 4.46. The number of nitrogens with zero attached hydrogens (tertiary/aromatic N) is 2. The fourth-order valence-electron chi connectivity index (χ4n) is 3.19. The van der Waals surface area contributed by atoms with E-state index in [2.05, 4.69) is 4.98 Å². The van der Waals surface area contributed by atoms with E-state index in [0.29, 0.717) is 15.9 Å². The van der Waals surface area contributed by atoms with Gasteiger partial charge in [0.05, 0.1) is 24.0 Å². The lowest BCUT2D eigenvalue weighted by atomic mass is 10.1. The molecular formula is C22H17ClN2O3. The highest BCUT2D eigenvalue weighted by atomic mass is 35.5. The fraction of sp³-hybridized carbons (Fsp3) is 0.0909. The molecule has 5 nitrogen and oxygen atoms in total. The maximum Gasteiger partial charge on any atom is 0.360 e. The quantitative estimate of drug-likeness (QED) is 0.483. The molecule has 1 N–H and O–H groups in total. The molecule has 6 heteroatoms. The molecule has 0 spiro atoms. The van der Waals surface area contributed by atoms with Crippen LogP contribution in [0.5, 0.6) is 5.75 Å². The molecule has 0 saturated heterocycles. The van der Waals surface area contributed by atoms with E-state index in [1.165, 1.54) is 0 Å². The van der Waals surface area contributed by atoms with Gasteiger partial charge in [0.25, 0.3) is 0 Å². The zero-order valence-corrected chi connectivity index (χ0v) is 15.8. The zero-order chi connectivity index (χ0) is 19.7. The lowest BCUT2D eigenvalue weighted by molar-refractivity contribution is 0.0516. The van der Waals surface area contributed by atoms with Crippen molar-refractivity contribution in [2.24, 2.45) is 0 Å². The van der Waals surface area contributed by atoms with E-state index in [0.717, 1.165) is 16.9 Å². The number of rotatable bonds is 4. The molecule has 2 aromatic carbocycles. The molecule has 140 valence electrons. The molecule has 0 bridgehead atoms. The van der Waals surface area contributed by atoms with Gasteiger partial charge >= 0.3 is 5.97 Å². The molecule has 0 aliphatic carbocycles. The topological polar surface area (TPSA) is 64.3 Å². The van der Waals surface area contributed by atoms with Gasteiger partial charge in [-0.05, 0) is 42.8 Å². The summed E-state index contributed by atoms with van der Waals surface area (Å²) < 4.78 is 6.98. The van der Waals surface area contributed by atoms with Crippen molar-refractivity contribution in [3.05, 3.63) is 77.6 Å². The maximum absolute atomic E-state index is 12.1. The number of fused-ring (bicyclic) bond motifs is 1. The Labute approximate surface area is 166 Å². The molecule has 2 heterocycles. The first-order valence-electron chi connectivity index (χ1n) is 8.82. The van der Waals surface area contributed by atoms with Gasteiger partial charge in [-0.25, -0.2) is 9.78 Å². The van der Waals surface area contributed by atoms with Crippen LogP contribution in [0.4, 0.5) is 0 Å². The summed E-state index contributed by atoms with van der Waals surface area (Å²) in [4.78, 5) is 16.3. The van der Waals surface area contributed by atoms with Crippen molar-refractivity contribution in [2.45, 2.75) is 6.92 Å². The Morgan fingerprint density at radius 2 is 1.86 bits per heavy atom. The SMILES string of the molecule is CCOC(=O)c1ncc2c(cc(-c3ccc(Cl)cc3)n2-c2ccccc2)c1O. The molecule has 4 aromatic rings. The lowest BCUT2D eigenvalue weighted by Gasteiger charge is -2.11. The van der Waals surface area contributed by atoms with Crippen LogP contribution in [0, 0.1) is 0 Å². The van der Waals surface area contributed by atoms with Crippen LogP contribution in [0.3, 0.4) is 0 Å². The van der Waals surface area contributed by atoms with Gasteiger partial charge in [-0.3, -0.25) is 0 Å². The first kappa shape index (κ1) is 18.1. The van der Waals surface area contributed by atoms with Gasteiger partial charge < -0.3 is 14.4 Å². The predicted molar refractivity (Wildman–Crippen MR) is 109 cm³/mol. The van der Waals surface area contributed by atoms with Crippen molar-refractivity contribution in [3.8, 4) is 22.7 Å². The Balaban J connectivity index is 2.00. The summed E-state index contributed by atoms with van der Waals surface area (Å²) in [6, 6.07) is 19.0. The maximum atomic E-state index is 12.1. The van der Waals surface area contributed by atoms with Crippen LogP contribution >= 0.6 is 11.6 Å². The summed E-state index contributed by atoms with van der Waals surface area (Å²) in [5, 5.41) is 11.9. The minimum Gasteiger partial charge on any atom is -0.505 e. The number of benzene rings is 2. The molecule has 4 rings (SSSR count). The van der Waals surface area contributed by atoms with Gasteiger partial charge in [0, 0.05) is 16.1 Å². The standard InChI is InChI=1S/C22H17ClN2O3/c1-2-28-22(27)20-21(26)17-12-18(14-8-10-15(23)11-9-14)25(19(17)13-24-20)16-6-4-3-5-7-16/h3-13,26H,2H2,1H3. The minimum absolute atomic E-state index is 0.0952. The van der Waals surface area contributed by atoms with Crippen LogP contribution in [0.1, 0.15) is 17.4 Å². The van der Waals surface area contributed by atoms with Crippen LogP contribution in [0.15, 0.2) is 66.9 Å². The zero-order valence-electron chi connectivity index (χ0n) is 15.1. The lowest BCUT2D eigenvalue weighted by Crippen LogP contribution is -2.07. The van der Waals surface area contributed by atoms with Crippen molar-refractivity contribution in [3.63, 3.8) is 0 Å². The van der Waals surface area contributed by atoms with Crippen molar-refractivity contribution in [1.82, 2.24) is 9.55 Å². The van der Waals surface area contributed by atoms with Gasteiger partial charge in [-0.1, -0.05) is 41.9 Å². The highest BCUT2D eigenvalue weighted by molar-refractivity contribution is 6.30. The minimum atomic E-state index is -0.651. The molecule has 0 saturated carbocycles. The van der Waals surface area contributed by atoms with E-state index in [-0.39, 0.29) is 18.1 Å². The van der Waals surface area contributed by atoms with E-state index in [1.54, 1.807) is 13.1 Å². The van der Waals surface area contributed by atoms with Gasteiger partial charge in [0.1, 0.15) is 0 Å².